The Bertz CT molecular complexity index is 2430. The summed E-state index contributed by atoms with van der Waals surface area (Å²) in [6.07, 6.45) is 5.78. The Kier molecular flexibility index (Phi) is 32.5. The number of nitrogens with zero attached hydrogens (tertiary/aromatic N) is 6. The summed E-state index contributed by atoms with van der Waals surface area (Å²) in [5, 5.41) is 37.1. The smallest absolute Gasteiger partial charge is 0.248 e. The predicted molar refractivity (Wildman–Crippen MR) is 342 cm³/mol. The molecule has 0 radical (unpaired) electrons. The molecule has 0 bridgehead atoms. The molecule has 0 aromatic rings. The first-order valence-electron chi connectivity index (χ1n) is 32.4. The molecule has 89 heavy (non-hydrogen) atoms. The highest BCUT2D eigenvalue weighted by atomic mass is 16.3. The van der Waals surface area contributed by atoms with Crippen molar-refractivity contribution in [3.05, 3.63) is 12.2 Å². The van der Waals surface area contributed by atoms with Gasteiger partial charge >= 0.3 is 0 Å². The largest absolute Gasteiger partial charge is 0.391 e. The molecule has 24 nitrogen and oxygen atoms in total. The quantitative estimate of drug-likeness (QED) is 0.109. The second-order valence-corrected chi connectivity index (χ2v) is 27.5. The van der Waals surface area contributed by atoms with E-state index >= 15 is 4.79 Å². The maximum atomic E-state index is 15.1. The number of nitrogens with one attached hydrogen (secondary N) is 5. The van der Waals surface area contributed by atoms with Crippen LogP contribution in [0.25, 0.3) is 0 Å². The molecule has 1 aliphatic heterocycles. The fourth-order valence-electron chi connectivity index (χ4n) is 11.9. The molecule has 24 heteroatoms. The average molecular weight is 1260 g/mol. The molecule has 0 aromatic heterocycles. The van der Waals surface area contributed by atoms with Gasteiger partial charge in [0.25, 0.3) is 0 Å². The van der Waals surface area contributed by atoms with Crippen LogP contribution in [0.15, 0.2) is 12.2 Å². The Labute approximate surface area is 531 Å². The SMILES string of the molecule is C/C=C/C[C@@H](C)[C@@H](O)[C@H]1C(=O)N[C@@H]([C@@H](C)O)C(=O)N(C)CC(=O)N(C)[C@@H](CC2CCCCC2)C(=O)N[C@@H](CC(C)C)C(=O)N(C)[C@@H](CC(C)C)C(=O)N[C@@H](C)C(=O)N[C@H](C)C(=O)N(C)[C@@H](CC(C)C)C(=O)N[C@@H](CC(C)C)C(=O)N(C)[C@@H](C(C)C)C(=O)N1C. The summed E-state index contributed by atoms with van der Waals surface area (Å²) in [7, 11) is 8.28. The Morgan fingerprint density at radius 1 is 0.472 bits per heavy atom. The van der Waals surface area contributed by atoms with Gasteiger partial charge in [-0.1, -0.05) is 120 Å². The maximum Gasteiger partial charge on any atom is 0.248 e. The molecule has 0 spiro atoms. The predicted octanol–water partition coefficient (Wildman–Crippen LogP) is 3.21. The molecule has 1 saturated carbocycles. The zero-order valence-electron chi connectivity index (χ0n) is 57.7. The van der Waals surface area contributed by atoms with Crippen LogP contribution in [0.4, 0.5) is 0 Å². The number of allylic oxidation sites excluding steroid dienone is 2. The van der Waals surface area contributed by atoms with E-state index in [0.717, 1.165) is 41.9 Å². The molecule has 11 amide bonds. The molecule has 13 atom stereocenters. The van der Waals surface area contributed by atoms with Crippen molar-refractivity contribution in [3.8, 4) is 0 Å². The number of likely N-dealkylation sites (N-methyl/N-ethyl adjacent to an activating group) is 6. The number of hydrogen-bond acceptors (Lipinski definition) is 13. The summed E-state index contributed by atoms with van der Waals surface area (Å²) in [6.45, 7) is 25.2. The molecule has 0 aromatic carbocycles. The van der Waals surface area contributed by atoms with Gasteiger partial charge in [-0.05, 0) is 108 Å². The van der Waals surface area contributed by atoms with Crippen LogP contribution in [0.1, 0.15) is 174 Å². The lowest BCUT2D eigenvalue weighted by atomic mass is 9.84. The summed E-state index contributed by atoms with van der Waals surface area (Å²) in [5.74, 6) is -9.99. The van der Waals surface area contributed by atoms with Crippen molar-refractivity contribution in [3.63, 3.8) is 0 Å². The molecule has 1 aliphatic carbocycles. The third-order valence-electron chi connectivity index (χ3n) is 17.3. The average Bonchev–Trinajstić information content (AvgIpc) is 2.40. The van der Waals surface area contributed by atoms with Gasteiger partial charge in [-0.15, -0.1) is 0 Å². The van der Waals surface area contributed by atoms with Crippen molar-refractivity contribution >= 4 is 65.0 Å². The van der Waals surface area contributed by atoms with Crippen molar-refractivity contribution in [1.82, 2.24) is 56.0 Å². The van der Waals surface area contributed by atoms with E-state index in [1.54, 1.807) is 39.8 Å². The summed E-state index contributed by atoms with van der Waals surface area (Å²) < 4.78 is 0. The fraction of sp³-hybridized carbons (Fsp3) is 0.800. The van der Waals surface area contributed by atoms with Crippen molar-refractivity contribution in [2.24, 2.45) is 41.4 Å². The van der Waals surface area contributed by atoms with Gasteiger partial charge in [-0.2, -0.15) is 0 Å². The molecule has 2 fully saturated rings. The van der Waals surface area contributed by atoms with Gasteiger partial charge < -0.3 is 66.2 Å². The van der Waals surface area contributed by atoms with Gasteiger partial charge in [-0.3, -0.25) is 52.7 Å². The second kappa shape index (κ2) is 36.6. The van der Waals surface area contributed by atoms with E-state index in [-0.39, 0.29) is 68.1 Å². The zero-order valence-corrected chi connectivity index (χ0v) is 57.7. The van der Waals surface area contributed by atoms with E-state index < -0.39 is 156 Å². The van der Waals surface area contributed by atoms with Crippen LogP contribution < -0.4 is 26.6 Å². The zero-order chi connectivity index (χ0) is 68.2. The molecular weight excluding hydrogens is 1140 g/mol. The highest BCUT2D eigenvalue weighted by Crippen LogP contribution is 2.30. The molecule has 0 unspecified atom stereocenters. The number of rotatable bonds is 16. The van der Waals surface area contributed by atoms with E-state index in [0.29, 0.717) is 0 Å². The van der Waals surface area contributed by atoms with Gasteiger partial charge in [0.1, 0.15) is 60.4 Å². The number of aliphatic hydroxyl groups excluding tert-OH is 2. The normalized spacial score (nSPS) is 27.7. The standard InChI is InChI=1S/C65H115N11O13/c1-22-23-27-41(12)55(79)54-60(84)70-52(44(15)77)64(88)71(16)35-51(78)72(17)50(34-45-28-25-24-26-29-45)59(83)68-46(30-36(2)3)62(86)74(19)48(32-38(6)7)57(81)66-42(13)56(80)67-43(14)61(85)73(18)49(33-39(8)9)58(82)69-47(31-37(4)5)63(87)75(20)53(40(10)11)65(89)76(54)21/h22-23,36-50,52-55,77,79H,24-35H2,1-21H3,(H,66,81)(H,67,80)(H,68,83)(H,69,82)(H,70,84)/b23-22+/t41-,42+,43-,44-,46+,47+,48+,49+,50+,52+,53+,54+,55-/m1/s1. The van der Waals surface area contributed by atoms with Gasteiger partial charge in [-0.25, -0.2) is 0 Å². The number of hydrogen-bond donors (Lipinski definition) is 7. The van der Waals surface area contributed by atoms with Gasteiger partial charge in [0, 0.05) is 42.3 Å². The van der Waals surface area contributed by atoms with Gasteiger partial charge in [0.05, 0.1) is 18.8 Å². The van der Waals surface area contributed by atoms with Crippen LogP contribution >= 0.6 is 0 Å². The van der Waals surface area contributed by atoms with Crippen LogP contribution in [-0.4, -0.2) is 226 Å². The minimum absolute atomic E-state index is 0.0305. The van der Waals surface area contributed by atoms with Crippen molar-refractivity contribution in [2.45, 2.75) is 247 Å². The van der Waals surface area contributed by atoms with Crippen LogP contribution in [0.3, 0.4) is 0 Å². The van der Waals surface area contributed by atoms with E-state index in [9.17, 15) is 58.2 Å². The molecule has 7 N–H and O–H groups in total. The van der Waals surface area contributed by atoms with E-state index in [2.05, 4.69) is 26.6 Å². The van der Waals surface area contributed by atoms with Crippen molar-refractivity contribution in [2.75, 3.05) is 48.8 Å². The summed E-state index contributed by atoms with van der Waals surface area (Å²) >= 11 is 0. The summed E-state index contributed by atoms with van der Waals surface area (Å²) in [4.78, 5) is 168. The number of aliphatic hydroxyl groups is 2. The second-order valence-electron chi connectivity index (χ2n) is 27.5. The molecular formula is C65H115N11O13. The first kappa shape index (κ1) is 78.9. The lowest BCUT2D eigenvalue weighted by Gasteiger charge is -2.40. The van der Waals surface area contributed by atoms with Gasteiger partial charge in [0.2, 0.25) is 65.0 Å². The fourth-order valence-corrected chi connectivity index (χ4v) is 11.9. The summed E-state index contributed by atoms with van der Waals surface area (Å²) in [6, 6.07) is -13.1. The van der Waals surface area contributed by atoms with Gasteiger partial charge in [0.15, 0.2) is 0 Å². The van der Waals surface area contributed by atoms with Crippen LogP contribution in [0.2, 0.25) is 0 Å². The Morgan fingerprint density at radius 2 is 0.910 bits per heavy atom. The van der Waals surface area contributed by atoms with Crippen LogP contribution in [-0.2, 0) is 52.7 Å². The topological polar surface area (TPSA) is 308 Å². The number of carbonyl (C=O) groups is 11. The third-order valence-corrected chi connectivity index (χ3v) is 17.3. The highest BCUT2D eigenvalue weighted by Gasteiger charge is 2.45. The molecule has 2 rings (SSSR count). The molecule has 2 aliphatic rings. The Balaban J connectivity index is 2.99. The Hall–Kier alpha value is -6.17. The minimum atomic E-state index is -1.74. The monoisotopic (exact) mass is 1260 g/mol. The van der Waals surface area contributed by atoms with E-state index in [4.69, 9.17) is 0 Å². The highest BCUT2D eigenvalue weighted by molar-refractivity contribution is 5.99. The summed E-state index contributed by atoms with van der Waals surface area (Å²) in [5.41, 5.74) is 0. The number of carbonyl (C=O) groups excluding carboxylic acids is 11. The lowest BCUT2D eigenvalue weighted by molar-refractivity contribution is -0.155. The molecule has 1 heterocycles. The first-order chi connectivity index (χ1) is 41.3. The van der Waals surface area contributed by atoms with Crippen molar-refractivity contribution < 1.29 is 63.0 Å². The molecule has 1 saturated heterocycles. The van der Waals surface area contributed by atoms with Crippen molar-refractivity contribution in [1.29, 1.82) is 0 Å². The number of amides is 11. The Morgan fingerprint density at radius 3 is 1.37 bits per heavy atom. The first-order valence-corrected chi connectivity index (χ1v) is 32.4. The van der Waals surface area contributed by atoms with Crippen LogP contribution in [0, 0.1) is 41.4 Å². The van der Waals surface area contributed by atoms with Crippen LogP contribution in [0.5, 0.6) is 0 Å². The van der Waals surface area contributed by atoms with E-state index in [1.807, 2.05) is 55.4 Å². The maximum absolute atomic E-state index is 15.1. The van der Waals surface area contributed by atoms with E-state index in [1.165, 1.54) is 82.7 Å². The minimum Gasteiger partial charge on any atom is -0.391 e. The lowest BCUT2D eigenvalue weighted by Crippen LogP contribution is -2.64. The third kappa shape index (κ3) is 23.2. The molecule has 508 valence electrons.